The van der Waals surface area contributed by atoms with Crippen LogP contribution in [0.25, 0.3) is 0 Å². The molecule has 5 unspecified atom stereocenters. The van der Waals surface area contributed by atoms with Gasteiger partial charge in [-0.25, -0.2) is 22.0 Å². The molecule has 0 radical (unpaired) electrons. The third-order valence-electron chi connectivity index (χ3n) is 2.47. The first kappa shape index (κ1) is 18.5. The van der Waals surface area contributed by atoms with Gasteiger partial charge in [0, 0.05) is 0 Å². The second-order valence-electron chi connectivity index (χ2n) is 4.12. The molecule has 19 heavy (non-hydrogen) atoms. The smallest absolute Gasteiger partial charge is 0.311 e. The van der Waals surface area contributed by atoms with Crippen molar-refractivity contribution in [3.05, 3.63) is 0 Å². The van der Waals surface area contributed by atoms with E-state index < -0.39 is 49.9 Å². The van der Waals surface area contributed by atoms with Gasteiger partial charge in [-0.3, -0.25) is 4.39 Å². The van der Waals surface area contributed by atoms with Crippen LogP contribution in [0, 0.1) is 0 Å². The van der Waals surface area contributed by atoms with E-state index in [2.05, 4.69) is 0 Å². The first-order valence-corrected chi connectivity index (χ1v) is 5.56. The second-order valence-corrected chi connectivity index (χ2v) is 4.12. The summed E-state index contributed by atoms with van der Waals surface area (Å²) in [4.78, 5) is 0. The first-order chi connectivity index (χ1) is 8.62. The molecule has 3 nitrogen and oxygen atoms in total. The molecule has 5 atom stereocenters. The van der Waals surface area contributed by atoms with Crippen molar-refractivity contribution in [3.63, 3.8) is 0 Å². The monoisotopic (exact) mass is 298 g/mol. The highest BCUT2D eigenvalue weighted by molar-refractivity contribution is 4.88. The molecule has 0 spiro atoms. The number of halogens is 6. The molecule has 0 saturated carbocycles. The molecule has 0 fully saturated rings. The summed E-state index contributed by atoms with van der Waals surface area (Å²) < 4.78 is 76.7. The van der Waals surface area contributed by atoms with Gasteiger partial charge in [0.05, 0.1) is 6.67 Å². The van der Waals surface area contributed by atoms with E-state index >= 15 is 0 Å². The van der Waals surface area contributed by atoms with Gasteiger partial charge in [-0.05, 0) is 19.3 Å². The minimum absolute atomic E-state index is 0.0814. The van der Waals surface area contributed by atoms with Crippen molar-refractivity contribution in [1.29, 1.82) is 0 Å². The number of hydrogen-bond donors (Lipinski definition) is 3. The highest BCUT2D eigenvalue weighted by Crippen LogP contribution is 2.26. The molecule has 0 aromatic carbocycles. The lowest BCUT2D eigenvalue weighted by Gasteiger charge is -2.26. The zero-order chi connectivity index (χ0) is 15.2. The van der Waals surface area contributed by atoms with Crippen LogP contribution in [0.2, 0.25) is 0 Å². The lowest BCUT2D eigenvalue weighted by molar-refractivity contribution is -0.352. The number of aliphatic hydroxyl groups is 3. The maximum atomic E-state index is 13.1. The molecule has 0 heterocycles. The van der Waals surface area contributed by atoms with Crippen LogP contribution in [-0.2, 0) is 0 Å². The molecule has 3 N–H and O–H groups in total. The molecule has 0 aliphatic rings. The third kappa shape index (κ3) is 5.96. The summed E-state index contributed by atoms with van der Waals surface area (Å²) in [5, 5.41) is 24.8. The Bertz CT molecular complexity index is 250. The Hall–Kier alpha value is -0.540. The predicted octanol–water partition coefficient (Wildman–Crippen LogP) is 1.45. The van der Waals surface area contributed by atoms with Crippen LogP contribution >= 0.6 is 0 Å². The van der Waals surface area contributed by atoms with Crippen LogP contribution in [0.3, 0.4) is 0 Å². The van der Waals surface area contributed by atoms with Gasteiger partial charge in [0.15, 0.2) is 18.5 Å². The summed E-state index contributed by atoms with van der Waals surface area (Å²) in [7, 11) is 0. The summed E-state index contributed by atoms with van der Waals surface area (Å²) in [6.45, 7) is -0.775. The molecule has 0 aliphatic heterocycles. The van der Waals surface area contributed by atoms with E-state index in [1.807, 2.05) is 0 Å². The van der Waals surface area contributed by atoms with Crippen LogP contribution < -0.4 is 0 Å². The van der Waals surface area contributed by atoms with Crippen molar-refractivity contribution in [1.82, 2.24) is 0 Å². The Balaban J connectivity index is 4.41. The molecule has 0 amide bonds. The van der Waals surface area contributed by atoms with E-state index in [9.17, 15) is 26.3 Å². The van der Waals surface area contributed by atoms with Gasteiger partial charge in [0.25, 0.3) is 0 Å². The Morgan fingerprint density at radius 3 is 1.74 bits per heavy atom. The summed E-state index contributed by atoms with van der Waals surface area (Å²) in [5.74, 6) is -4.19. The van der Waals surface area contributed by atoms with Gasteiger partial charge in [-0.15, -0.1) is 0 Å². The van der Waals surface area contributed by atoms with Crippen LogP contribution in [0.1, 0.15) is 19.3 Å². The first-order valence-electron chi connectivity index (χ1n) is 5.56. The maximum absolute atomic E-state index is 13.1. The fraction of sp³-hybridized carbons (Fsp3) is 1.00. The Kier molecular flexibility index (Phi) is 7.68. The fourth-order valence-electron chi connectivity index (χ4n) is 1.34. The van der Waals surface area contributed by atoms with Gasteiger partial charge in [-0.2, -0.15) is 0 Å². The average molecular weight is 298 g/mol. The van der Waals surface area contributed by atoms with E-state index in [-0.39, 0.29) is 12.8 Å². The molecular weight excluding hydrogens is 282 g/mol. The highest BCUT2D eigenvalue weighted by Gasteiger charge is 2.48. The van der Waals surface area contributed by atoms with Crippen molar-refractivity contribution in [2.24, 2.45) is 0 Å². The zero-order valence-electron chi connectivity index (χ0n) is 9.82. The van der Waals surface area contributed by atoms with Crippen molar-refractivity contribution >= 4 is 0 Å². The van der Waals surface area contributed by atoms with Gasteiger partial charge in [0.2, 0.25) is 6.17 Å². The standard InChI is InChI=1S/C10H16F6O3/c11-4-2-1-3-5(12)6(13)7(14)8(15)9(16)10(17,18)19/h5-9,17-19H,1-4H2. The van der Waals surface area contributed by atoms with Crippen molar-refractivity contribution in [2.45, 2.75) is 56.1 Å². The third-order valence-corrected chi connectivity index (χ3v) is 2.47. The SMILES string of the molecule is OC(O)(O)C(F)C(F)C(F)C(F)C(F)CCCCF. The van der Waals surface area contributed by atoms with Crippen LogP contribution in [-0.4, -0.2) is 58.8 Å². The number of hydrogen-bond acceptors (Lipinski definition) is 3. The molecule has 116 valence electrons. The lowest BCUT2D eigenvalue weighted by Crippen LogP contribution is -2.50. The number of rotatable bonds is 9. The number of alkyl halides is 6. The Labute approximate surface area is 105 Å². The second kappa shape index (κ2) is 7.91. The predicted molar refractivity (Wildman–Crippen MR) is 53.7 cm³/mol. The fourth-order valence-corrected chi connectivity index (χ4v) is 1.34. The van der Waals surface area contributed by atoms with E-state index in [0.717, 1.165) is 0 Å². The zero-order valence-corrected chi connectivity index (χ0v) is 9.82. The van der Waals surface area contributed by atoms with Gasteiger partial charge < -0.3 is 15.3 Å². The van der Waals surface area contributed by atoms with Crippen LogP contribution in [0.5, 0.6) is 0 Å². The molecule has 0 aromatic heterocycles. The molecule has 0 saturated heterocycles. The van der Waals surface area contributed by atoms with Gasteiger partial charge in [0.1, 0.15) is 6.17 Å². The molecule has 0 aromatic rings. The summed E-state index contributed by atoms with van der Waals surface area (Å²) in [6, 6.07) is 0. The summed E-state index contributed by atoms with van der Waals surface area (Å²) in [5.41, 5.74) is 0. The Morgan fingerprint density at radius 2 is 1.32 bits per heavy atom. The van der Waals surface area contributed by atoms with E-state index in [1.165, 1.54) is 0 Å². The number of unbranched alkanes of at least 4 members (excludes halogenated alkanes) is 1. The van der Waals surface area contributed by atoms with Gasteiger partial charge in [-0.1, -0.05) is 0 Å². The van der Waals surface area contributed by atoms with Crippen molar-refractivity contribution in [3.8, 4) is 0 Å². The van der Waals surface area contributed by atoms with Gasteiger partial charge >= 0.3 is 5.97 Å². The lowest BCUT2D eigenvalue weighted by atomic mass is 10.00. The van der Waals surface area contributed by atoms with E-state index in [4.69, 9.17) is 15.3 Å². The van der Waals surface area contributed by atoms with Crippen LogP contribution in [0.4, 0.5) is 26.3 Å². The minimum Gasteiger partial charge on any atom is -0.341 e. The summed E-state index contributed by atoms with van der Waals surface area (Å²) in [6.07, 6.45) is -16.7. The molecule has 0 rings (SSSR count). The van der Waals surface area contributed by atoms with Crippen molar-refractivity contribution in [2.75, 3.05) is 6.67 Å². The van der Waals surface area contributed by atoms with E-state index in [0.29, 0.717) is 0 Å². The van der Waals surface area contributed by atoms with Crippen LogP contribution in [0.15, 0.2) is 0 Å². The maximum Gasteiger partial charge on any atom is 0.311 e. The molecular formula is C10H16F6O3. The average Bonchev–Trinajstić information content (AvgIpc) is 2.34. The van der Waals surface area contributed by atoms with E-state index in [1.54, 1.807) is 0 Å². The van der Waals surface area contributed by atoms with Crippen molar-refractivity contribution < 1.29 is 41.7 Å². The normalized spacial score (nSPS) is 20.7. The Morgan fingerprint density at radius 1 is 0.789 bits per heavy atom. The molecule has 0 aliphatic carbocycles. The minimum atomic E-state index is -4.19. The molecule has 0 bridgehead atoms. The largest absolute Gasteiger partial charge is 0.341 e. The summed E-state index contributed by atoms with van der Waals surface area (Å²) >= 11 is 0. The topological polar surface area (TPSA) is 60.7 Å². The quantitative estimate of drug-likeness (QED) is 0.343. The molecule has 9 heteroatoms. The highest BCUT2D eigenvalue weighted by atomic mass is 19.2.